The van der Waals surface area contributed by atoms with Crippen LogP contribution >= 0.6 is 11.3 Å². The molecule has 2 aromatic carbocycles. The number of carbonyl (C=O) groups excluding carboxylic acids is 2. The van der Waals surface area contributed by atoms with E-state index in [1.165, 1.54) is 24.5 Å². The number of nitrogens with one attached hydrogen (secondary N) is 1. The second-order valence-electron chi connectivity index (χ2n) is 7.76. The number of hydrogen-bond acceptors (Lipinski definition) is 6. The minimum absolute atomic E-state index is 0.0713. The molecule has 0 aliphatic carbocycles. The van der Waals surface area contributed by atoms with Crippen LogP contribution in [0.1, 0.15) is 37.0 Å². The summed E-state index contributed by atoms with van der Waals surface area (Å²) in [6.45, 7) is 5.49. The minimum atomic E-state index is -3.24. The zero-order valence-corrected chi connectivity index (χ0v) is 18.9. The van der Waals surface area contributed by atoms with Crippen molar-refractivity contribution in [1.82, 2.24) is 10.3 Å². The molecule has 0 fully saturated rings. The fourth-order valence-electron chi connectivity index (χ4n) is 3.11. The third-order valence-corrected chi connectivity index (χ3v) is 6.85. The van der Waals surface area contributed by atoms with Crippen molar-refractivity contribution in [1.29, 1.82) is 0 Å². The highest BCUT2D eigenvalue weighted by atomic mass is 32.2. The quantitative estimate of drug-likeness (QED) is 0.592. The van der Waals surface area contributed by atoms with Crippen LogP contribution in [-0.2, 0) is 14.6 Å². The van der Waals surface area contributed by atoms with E-state index >= 15 is 0 Å². The molecule has 0 aliphatic heterocycles. The molecule has 0 unspecified atom stereocenters. The topological polar surface area (TPSA) is 93.2 Å². The largest absolute Gasteiger partial charge is 0.340 e. The number of amides is 1. The van der Waals surface area contributed by atoms with Gasteiger partial charge < -0.3 is 5.32 Å². The molecule has 1 aromatic heterocycles. The molecule has 158 valence electrons. The first-order valence-corrected chi connectivity index (χ1v) is 12.3. The summed E-state index contributed by atoms with van der Waals surface area (Å²) in [4.78, 5) is 29.1. The fourth-order valence-corrected chi connectivity index (χ4v) is 4.65. The van der Waals surface area contributed by atoms with E-state index in [2.05, 4.69) is 10.3 Å². The van der Waals surface area contributed by atoms with E-state index in [1.54, 1.807) is 24.3 Å². The normalized spacial score (nSPS) is 12.8. The van der Waals surface area contributed by atoms with Crippen LogP contribution in [0.15, 0.2) is 47.4 Å². The first-order chi connectivity index (χ1) is 14.0. The summed E-state index contributed by atoms with van der Waals surface area (Å²) < 4.78 is 24.1. The van der Waals surface area contributed by atoms with Gasteiger partial charge in [-0.15, -0.1) is 11.3 Å². The van der Waals surface area contributed by atoms with Crippen LogP contribution < -0.4 is 5.32 Å². The van der Waals surface area contributed by atoms with Gasteiger partial charge in [0.05, 0.1) is 21.2 Å². The lowest BCUT2D eigenvalue weighted by atomic mass is 10.0. The van der Waals surface area contributed by atoms with Gasteiger partial charge >= 0.3 is 0 Å². The molecule has 3 aromatic rings. The summed E-state index contributed by atoms with van der Waals surface area (Å²) in [7, 11) is -3.24. The third kappa shape index (κ3) is 5.12. The maximum atomic E-state index is 12.6. The van der Waals surface area contributed by atoms with Crippen molar-refractivity contribution >= 4 is 43.1 Å². The summed E-state index contributed by atoms with van der Waals surface area (Å²) in [6.07, 6.45) is 1.76. The van der Waals surface area contributed by atoms with E-state index in [4.69, 9.17) is 0 Å². The van der Waals surface area contributed by atoms with E-state index < -0.39 is 15.9 Å². The highest BCUT2D eigenvalue weighted by Gasteiger charge is 2.21. The van der Waals surface area contributed by atoms with Crippen LogP contribution in [0.3, 0.4) is 0 Å². The smallest absolute Gasteiger partial charge is 0.280 e. The van der Waals surface area contributed by atoms with Crippen molar-refractivity contribution in [2.24, 2.45) is 5.92 Å². The summed E-state index contributed by atoms with van der Waals surface area (Å²) in [5, 5.41) is 3.10. The van der Waals surface area contributed by atoms with Crippen molar-refractivity contribution in [2.75, 3.05) is 6.26 Å². The molecule has 1 atom stereocenters. The molecule has 8 heteroatoms. The Morgan fingerprint density at radius 2 is 1.70 bits per heavy atom. The van der Waals surface area contributed by atoms with E-state index in [0.29, 0.717) is 16.9 Å². The Morgan fingerprint density at radius 3 is 2.27 bits per heavy atom. The van der Waals surface area contributed by atoms with Gasteiger partial charge in [0.15, 0.2) is 20.6 Å². The van der Waals surface area contributed by atoms with Crippen LogP contribution in [0.2, 0.25) is 0 Å². The molecule has 6 nitrogen and oxygen atoms in total. The molecule has 0 aliphatic rings. The average Bonchev–Trinajstić information content (AvgIpc) is 3.10. The zero-order valence-electron chi connectivity index (χ0n) is 17.3. The Hall–Kier alpha value is -2.58. The molecule has 1 N–H and O–H groups in total. The number of rotatable bonds is 7. The number of nitrogens with zero attached hydrogens (tertiary/aromatic N) is 1. The Kier molecular flexibility index (Phi) is 6.38. The lowest BCUT2D eigenvalue weighted by molar-refractivity contribution is -0.119. The third-order valence-electron chi connectivity index (χ3n) is 4.70. The summed E-state index contributed by atoms with van der Waals surface area (Å²) in [6, 6.07) is 11.8. The molecule has 0 saturated carbocycles. The summed E-state index contributed by atoms with van der Waals surface area (Å²) >= 11 is 1.26. The SMILES string of the molecule is CC(=O)[C@H](CC(C)C)NC(=O)c1nc2ccc(-c3ccc(S(C)(=O)=O)cc3)cc2s1. The minimum Gasteiger partial charge on any atom is -0.340 e. The molecule has 0 spiro atoms. The first-order valence-electron chi connectivity index (χ1n) is 9.57. The standard InChI is InChI=1S/C22H24N2O4S2/c1-13(2)11-19(14(3)25)23-21(26)22-24-18-10-7-16(12-20(18)29-22)15-5-8-17(9-6-15)30(4,27)28/h5-10,12-13,19H,11H2,1-4H3,(H,23,26)/t19-/m0/s1. The number of carbonyl (C=O) groups is 2. The van der Waals surface area contributed by atoms with E-state index in [1.807, 2.05) is 32.0 Å². The number of benzene rings is 2. The number of fused-ring (bicyclic) bond motifs is 1. The van der Waals surface area contributed by atoms with Gasteiger partial charge in [-0.25, -0.2) is 13.4 Å². The molecule has 0 bridgehead atoms. The highest BCUT2D eigenvalue weighted by molar-refractivity contribution is 7.90. The second-order valence-corrected chi connectivity index (χ2v) is 10.8. The van der Waals surface area contributed by atoms with Gasteiger partial charge in [-0.1, -0.05) is 32.0 Å². The van der Waals surface area contributed by atoms with Gasteiger partial charge in [0.25, 0.3) is 5.91 Å². The van der Waals surface area contributed by atoms with Crippen LogP contribution in [0.25, 0.3) is 21.3 Å². The zero-order chi connectivity index (χ0) is 22.1. The Morgan fingerprint density at radius 1 is 1.07 bits per heavy atom. The van der Waals surface area contributed by atoms with Crippen molar-refractivity contribution in [3.05, 3.63) is 47.5 Å². The van der Waals surface area contributed by atoms with Gasteiger partial charge in [-0.2, -0.15) is 0 Å². The van der Waals surface area contributed by atoms with Crippen LogP contribution in [0.4, 0.5) is 0 Å². The molecule has 0 saturated heterocycles. The fraction of sp³-hybridized carbons (Fsp3) is 0.318. The number of ketones is 1. The van der Waals surface area contributed by atoms with Crippen molar-refractivity contribution in [3.63, 3.8) is 0 Å². The molecule has 1 heterocycles. The predicted molar refractivity (Wildman–Crippen MR) is 120 cm³/mol. The molecule has 3 rings (SSSR count). The number of thiazole rings is 1. The molecular formula is C22H24N2O4S2. The lowest BCUT2D eigenvalue weighted by Crippen LogP contribution is -2.40. The predicted octanol–water partition coefficient (Wildman–Crippen LogP) is 4.10. The highest BCUT2D eigenvalue weighted by Crippen LogP contribution is 2.29. The molecule has 30 heavy (non-hydrogen) atoms. The summed E-state index contributed by atoms with van der Waals surface area (Å²) in [5.41, 5.74) is 2.47. The van der Waals surface area contributed by atoms with Gasteiger partial charge in [0.2, 0.25) is 0 Å². The second kappa shape index (κ2) is 8.65. The number of hydrogen-bond donors (Lipinski definition) is 1. The summed E-state index contributed by atoms with van der Waals surface area (Å²) in [5.74, 6) is -0.139. The van der Waals surface area contributed by atoms with Gasteiger partial charge in [-0.05, 0) is 54.7 Å². The van der Waals surface area contributed by atoms with E-state index in [9.17, 15) is 18.0 Å². The van der Waals surface area contributed by atoms with Crippen molar-refractivity contribution < 1.29 is 18.0 Å². The number of aromatic nitrogens is 1. The number of sulfone groups is 1. The van der Waals surface area contributed by atoms with Crippen molar-refractivity contribution in [2.45, 2.75) is 38.1 Å². The van der Waals surface area contributed by atoms with Gasteiger partial charge in [0, 0.05) is 6.26 Å². The van der Waals surface area contributed by atoms with Crippen LogP contribution in [0.5, 0.6) is 0 Å². The van der Waals surface area contributed by atoms with E-state index in [0.717, 1.165) is 15.8 Å². The van der Waals surface area contributed by atoms with Gasteiger partial charge in [-0.3, -0.25) is 9.59 Å². The van der Waals surface area contributed by atoms with Crippen molar-refractivity contribution in [3.8, 4) is 11.1 Å². The van der Waals surface area contributed by atoms with Gasteiger partial charge in [0.1, 0.15) is 0 Å². The monoisotopic (exact) mass is 444 g/mol. The maximum absolute atomic E-state index is 12.6. The molecular weight excluding hydrogens is 420 g/mol. The maximum Gasteiger partial charge on any atom is 0.280 e. The Balaban J connectivity index is 1.85. The first kappa shape index (κ1) is 22.1. The number of Topliss-reactive ketones (excluding diaryl/α,β-unsaturated/α-hetero) is 1. The Labute approximate surface area is 180 Å². The van der Waals surface area contributed by atoms with E-state index in [-0.39, 0.29) is 22.5 Å². The molecule has 1 amide bonds. The Bertz CT molecular complexity index is 1200. The van der Waals surface area contributed by atoms with Crippen LogP contribution in [-0.4, -0.2) is 37.4 Å². The molecule has 0 radical (unpaired) electrons. The van der Waals surface area contributed by atoms with Crippen LogP contribution in [0, 0.1) is 5.92 Å². The average molecular weight is 445 g/mol. The lowest BCUT2D eigenvalue weighted by Gasteiger charge is -2.16.